The number of imidazole rings is 1. The molecule has 2 aromatic heterocycles. The Morgan fingerprint density at radius 3 is 2.64 bits per heavy atom. The summed E-state index contributed by atoms with van der Waals surface area (Å²) in [5, 5.41) is 12.7. The summed E-state index contributed by atoms with van der Waals surface area (Å²) < 4.78 is 54.4. The number of benzene rings is 2. The van der Waals surface area contributed by atoms with Crippen LogP contribution in [0.2, 0.25) is 0 Å². The van der Waals surface area contributed by atoms with Gasteiger partial charge < -0.3 is 10.4 Å². The minimum atomic E-state index is -4.83. The van der Waals surface area contributed by atoms with Crippen molar-refractivity contribution >= 4 is 22.4 Å². The molecular weight excluding hydrogens is 376 g/mol. The van der Waals surface area contributed by atoms with Gasteiger partial charge in [-0.2, -0.15) is 13.2 Å². The fourth-order valence-electron chi connectivity index (χ4n) is 3.08. The zero-order chi connectivity index (χ0) is 19.9. The maximum atomic E-state index is 13.6. The Kier molecular flexibility index (Phi) is 4.38. The lowest BCUT2D eigenvalue weighted by atomic mass is 10.0. The smallest absolute Gasteiger partial charge is 0.394 e. The number of alkyl halides is 3. The molecule has 144 valence electrons. The summed E-state index contributed by atoms with van der Waals surface area (Å²) >= 11 is 0. The maximum absolute atomic E-state index is 13.6. The van der Waals surface area contributed by atoms with Crippen LogP contribution in [0.4, 0.5) is 23.4 Å². The second-order valence-corrected chi connectivity index (χ2v) is 6.21. The number of rotatable bonds is 4. The molecule has 0 bridgehead atoms. The maximum Gasteiger partial charge on any atom is 0.419 e. The van der Waals surface area contributed by atoms with Crippen molar-refractivity contribution in [2.45, 2.75) is 12.2 Å². The molecule has 0 amide bonds. The third kappa shape index (κ3) is 3.13. The van der Waals surface area contributed by atoms with Crippen molar-refractivity contribution in [1.29, 1.82) is 0 Å². The second kappa shape index (κ2) is 6.75. The zero-order valence-corrected chi connectivity index (χ0v) is 14.3. The largest absolute Gasteiger partial charge is 0.419 e. The van der Waals surface area contributed by atoms with Gasteiger partial charge in [0.1, 0.15) is 11.3 Å². The first-order chi connectivity index (χ1) is 13.4. The molecule has 2 N–H and O–H groups in total. The van der Waals surface area contributed by atoms with Gasteiger partial charge in [0.15, 0.2) is 5.82 Å². The summed E-state index contributed by atoms with van der Waals surface area (Å²) in [6, 6.07) is 9.02. The van der Waals surface area contributed by atoms with Gasteiger partial charge in [0.05, 0.1) is 41.8 Å². The number of aromatic nitrogens is 3. The number of anilines is 1. The molecule has 5 nitrogen and oxygen atoms in total. The molecule has 0 aliphatic rings. The van der Waals surface area contributed by atoms with E-state index in [-0.39, 0.29) is 5.56 Å². The topological polar surface area (TPSA) is 62.5 Å². The van der Waals surface area contributed by atoms with E-state index in [2.05, 4.69) is 15.3 Å². The van der Waals surface area contributed by atoms with Crippen LogP contribution in [0, 0.1) is 5.82 Å². The molecular formula is C19H14F4N4O. The zero-order valence-electron chi connectivity index (χ0n) is 14.3. The number of halogens is 4. The predicted molar refractivity (Wildman–Crippen MR) is 95.3 cm³/mol. The van der Waals surface area contributed by atoms with Crippen LogP contribution in [0.15, 0.2) is 55.0 Å². The standard InChI is InChI=1S/C19H14F4N4O/c20-13-6-5-11(7-12(13)19(21,22)23)15(9-28)26-18-17-8-24-10-27(17)16-4-2-1-3-14(16)25-18/h1-8,10,15,28H,9H2,(H,25,26). The second-order valence-electron chi connectivity index (χ2n) is 6.21. The molecule has 0 aliphatic carbocycles. The van der Waals surface area contributed by atoms with Crippen molar-refractivity contribution in [3.63, 3.8) is 0 Å². The summed E-state index contributed by atoms with van der Waals surface area (Å²) in [5.74, 6) is -1.02. The number of aliphatic hydroxyl groups is 1. The highest BCUT2D eigenvalue weighted by Crippen LogP contribution is 2.34. The van der Waals surface area contributed by atoms with Crippen molar-refractivity contribution < 1.29 is 22.7 Å². The number of hydrogen-bond donors (Lipinski definition) is 2. The van der Waals surface area contributed by atoms with Gasteiger partial charge in [-0.25, -0.2) is 14.4 Å². The molecule has 1 atom stereocenters. The van der Waals surface area contributed by atoms with Crippen LogP contribution in [-0.4, -0.2) is 26.1 Å². The van der Waals surface area contributed by atoms with Crippen molar-refractivity contribution in [2.75, 3.05) is 11.9 Å². The summed E-state index contributed by atoms with van der Waals surface area (Å²) in [6.07, 6.45) is -1.68. The number of aliphatic hydroxyl groups excluding tert-OH is 1. The first-order valence-corrected chi connectivity index (χ1v) is 8.33. The third-order valence-electron chi connectivity index (χ3n) is 4.45. The molecule has 2 heterocycles. The average molecular weight is 390 g/mol. The van der Waals surface area contributed by atoms with Gasteiger partial charge in [-0.1, -0.05) is 18.2 Å². The van der Waals surface area contributed by atoms with Crippen LogP contribution in [0.5, 0.6) is 0 Å². The Hall–Kier alpha value is -3.20. The number of nitrogens with one attached hydrogen (secondary N) is 1. The quantitative estimate of drug-likeness (QED) is 0.513. The first-order valence-electron chi connectivity index (χ1n) is 8.33. The van der Waals surface area contributed by atoms with Crippen LogP contribution in [0.25, 0.3) is 16.6 Å². The minimum absolute atomic E-state index is 0.0869. The van der Waals surface area contributed by atoms with E-state index in [1.165, 1.54) is 6.07 Å². The van der Waals surface area contributed by atoms with E-state index in [9.17, 15) is 22.7 Å². The minimum Gasteiger partial charge on any atom is -0.394 e. The first kappa shape index (κ1) is 18.2. The number of hydrogen-bond acceptors (Lipinski definition) is 4. The van der Waals surface area contributed by atoms with Crippen molar-refractivity contribution in [1.82, 2.24) is 14.4 Å². The van der Waals surface area contributed by atoms with E-state index in [0.717, 1.165) is 11.6 Å². The molecule has 2 aromatic carbocycles. The van der Waals surface area contributed by atoms with Gasteiger partial charge in [0.25, 0.3) is 0 Å². The highest BCUT2D eigenvalue weighted by atomic mass is 19.4. The van der Waals surface area contributed by atoms with E-state index in [0.29, 0.717) is 22.9 Å². The molecule has 4 rings (SSSR count). The Balaban J connectivity index is 1.78. The predicted octanol–water partition coefficient (Wildman–Crippen LogP) is 4.19. The van der Waals surface area contributed by atoms with Gasteiger partial charge in [0.2, 0.25) is 0 Å². The molecule has 0 radical (unpaired) electrons. The fourth-order valence-corrected chi connectivity index (χ4v) is 3.08. The van der Waals surface area contributed by atoms with Crippen LogP contribution in [0.3, 0.4) is 0 Å². The van der Waals surface area contributed by atoms with E-state index < -0.39 is 30.2 Å². The molecule has 0 aliphatic heterocycles. The fraction of sp³-hybridized carbons (Fsp3) is 0.158. The Labute approximate surface area is 156 Å². The van der Waals surface area contributed by atoms with Crippen molar-refractivity contribution in [3.05, 3.63) is 71.9 Å². The van der Waals surface area contributed by atoms with Crippen molar-refractivity contribution in [3.8, 4) is 0 Å². The summed E-state index contributed by atoms with van der Waals surface area (Å²) in [6.45, 7) is -0.516. The monoisotopic (exact) mass is 390 g/mol. The SMILES string of the molecule is OCC(Nc1nc2ccccc2n2cncc12)c1ccc(F)c(C(F)(F)F)c1. The van der Waals surface area contributed by atoms with Gasteiger partial charge in [-0.15, -0.1) is 0 Å². The molecule has 9 heteroatoms. The lowest BCUT2D eigenvalue weighted by Crippen LogP contribution is -2.18. The van der Waals surface area contributed by atoms with Gasteiger partial charge in [-0.3, -0.25) is 4.40 Å². The molecule has 4 aromatic rings. The Morgan fingerprint density at radius 2 is 1.89 bits per heavy atom. The molecule has 1 unspecified atom stereocenters. The third-order valence-corrected chi connectivity index (χ3v) is 4.45. The number of para-hydroxylation sites is 2. The number of fused-ring (bicyclic) bond motifs is 3. The van der Waals surface area contributed by atoms with Gasteiger partial charge in [-0.05, 0) is 29.8 Å². The van der Waals surface area contributed by atoms with Gasteiger partial charge >= 0.3 is 6.18 Å². The molecule has 0 spiro atoms. The molecule has 0 saturated carbocycles. The Bertz CT molecular complexity index is 1160. The van der Waals surface area contributed by atoms with Crippen LogP contribution >= 0.6 is 0 Å². The van der Waals surface area contributed by atoms with Crippen LogP contribution in [0.1, 0.15) is 17.2 Å². The highest BCUT2D eigenvalue weighted by Gasteiger charge is 2.34. The summed E-state index contributed by atoms with van der Waals surface area (Å²) in [7, 11) is 0. The van der Waals surface area contributed by atoms with Crippen LogP contribution < -0.4 is 5.32 Å². The van der Waals surface area contributed by atoms with E-state index in [1.54, 1.807) is 29.1 Å². The Morgan fingerprint density at radius 1 is 1.11 bits per heavy atom. The molecule has 0 saturated heterocycles. The van der Waals surface area contributed by atoms with E-state index >= 15 is 0 Å². The van der Waals surface area contributed by atoms with Crippen molar-refractivity contribution in [2.24, 2.45) is 0 Å². The molecule has 0 fully saturated rings. The average Bonchev–Trinajstić information content (AvgIpc) is 3.16. The molecule has 28 heavy (non-hydrogen) atoms. The van der Waals surface area contributed by atoms with E-state index in [4.69, 9.17) is 0 Å². The number of nitrogens with zero attached hydrogens (tertiary/aromatic N) is 3. The lowest BCUT2D eigenvalue weighted by molar-refractivity contribution is -0.140. The van der Waals surface area contributed by atoms with E-state index in [1.807, 2.05) is 12.1 Å². The lowest BCUT2D eigenvalue weighted by Gasteiger charge is -2.20. The normalized spacial score (nSPS) is 13.2. The van der Waals surface area contributed by atoms with Gasteiger partial charge in [0, 0.05) is 0 Å². The highest BCUT2D eigenvalue weighted by molar-refractivity contribution is 5.84. The van der Waals surface area contributed by atoms with Crippen LogP contribution in [-0.2, 0) is 6.18 Å². The summed E-state index contributed by atoms with van der Waals surface area (Å²) in [5.41, 5.74) is 0.745. The summed E-state index contributed by atoms with van der Waals surface area (Å²) in [4.78, 5) is 8.60.